The van der Waals surface area contributed by atoms with Crippen molar-refractivity contribution in [2.45, 2.75) is 19.0 Å². The van der Waals surface area contributed by atoms with Crippen LogP contribution in [0, 0.1) is 5.92 Å². The number of aromatic amines is 1. The number of rotatable bonds is 5. The third-order valence-electron chi connectivity index (χ3n) is 3.79. The molecule has 1 aliphatic rings. The number of nitrogens with zero attached hydrogens (tertiary/aromatic N) is 1. The zero-order chi connectivity index (χ0) is 14.7. The van der Waals surface area contributed by atoms with Crippen LogP contribution in [0.2, 0.25) is 5.02 Å². The van der Waals surface area contributed by atoms with Crippen LogP contribution in [0.5, 0.6) is 0 Å². The molecule has 0 bridgehead atoms. The van der Waals surface area contributed by atoms with Crippen molar-refractivity contribution >= 4 is 11.6 Å². The number of hydrogen-bond donors (Lipinski definition) is 3. The molecule has 1 aromatic heterocycles. The van der Waals surface area contributed by atoms with Crippen molar-refractivity contribution in [3.8, 4) is 11.3 Å². The molecule has 0 radical (unpaired) electrons. The number of H-pyrrole nitrogens is 1. The minimum Gasteiger partial charge on any atom is -0.396 e. The molecule has 0 unspecified atom stereocenters. The minimum absolute atomic E-state index is 0.216. The molecule has 3 N–H and O–H groups in total. The van der Waals surface area contributed by atoms with Crippen LogP contribution in [0.1, 0.15) is 12.0 Å². The summed E-state index contributed by atoms with van der Waals surface area (Å²) >= 11 is 6.04. The molecule has 0 aliphatic heterocycles. The van der Waals surface area contributed by atoms with Crippen LogP contribution in [0.15, 0.2) is 42.6 Å². The second-order valence-electron chi connectivity index (χ2n) is 5.33. The molecular weight excluding hydrogens is 286 g/mol. The van der Waals surface area contributed by atoms with Crippen molar-refractivity contribution in [2.75, 3.05) is 6.61 Å². The fourth-order valence-electron chi connectivity index (χ4n) is 2.64. The smallest absolute Gasteiger partial charge is 0.0695 e. The Hall–Kier alpha value is -1.62. The molecule has 5 heteroatoms. The van der Waals surface area contributed by atoms with Crippen LogP contribution < -0.4 is 5.32 Å². The number of benzene rings is 1. The predicted molar refractivity (Wildman–Crippen MR) is 84.0 cm³/mol. The first-order valence-electron chi connectivity index (χ1n) is 7.07. The van der Waals surface area contributed by atoms with E-state index >= 15 is 0 Å². The van der Waals surface area contributed by atoms with Gasteiger partial charge in [-0.05, 0) is 18.6 Å². The second kappa shape index (κ2) is 6.43. The zero-order valence-corrected chi connectivity index (χ0v) is 12.3. The highest BCUT2D eigenvalue weighted by Gasteiger charge is 2.18. The summed E-state index contributed by atoms with van der Waals surface area (Å²) in [5.41, 5.74) is 3.13. The van der Waals surface area contributed by atoms with Gasteiger partial charge in [-0.25, -0.2) is 0 Å². The summed E-state index contributed by atoms with van der Waals surface area (Å²) in [5.74, 6) is 0.277. The maximum Gasteiger partial charge on any atom is 0.0695 e. The fraction of sp³-hybridized carbons (Fsp3) is 0.312. The Morgan fingerprint density at radius 1 is 1.38 bits per heavy atom. The quantitative estimate of drug-likeness (QED) is 0.744. The molecule has 2 aromatic rings. The predicted octanol–water partition coefficient (Wildman–Crippen LogP) is 2.76. The third kappa shape index (κ3) is 3.35. The molecule has 21 heavy (non-hydrogen) atoms. The molecule has 0 saturated heterocycles. The lowest BCUT2D eigenvalue weighted by Gasteiger charge is -2.12. The summed E-state index contributed by atoms with van der Waals surface area (Å²) in [4.78, 5) is 0. The molecule has 110 valence electrons. The largest absolute Gasteiger partial charge is 0.396 e. The number of aliphatic hydroxyl groups is 1. The van der Waals surface area contributed by atoms with E-state index in [9.17, 15) is 0 Å². The summed E-state index contributed by atoms with van der Waals surface area (Å²) in [6.07, 6.45) is 6.98. The van der Waals surface area contributed by atoms with Crippen molar-refractivity contribution in [3.63, 3.8) is 0 Å². The van der Waals surface area contributed by atoms with E-state index in [-0.39, 0.29) is 12.5 Å². The molecule has 2 atom stereocenters. The molecule has 0 amide bonds. The van der Waals surface area contributed by atoms with E-state index in [4.69, 9.17) is 16.7 Å². The first kappa shape index (κ1) is 14.3. The summed E-state index contributed by atoms with van der Waals surface area (Å²) in [5, 5.41) is 20.5. The molecule has 1 aromatic carbocycles. The van der Waals surface area contributed by atoms with Crippen molar-refractivity contribution in [2.24, 2.45) is 5.92 Å². The molecular formula is C16H18ClN3O. The standard InChI is InChI=1S/C16H18ClN3O/c17-14-3-1-2-12(7-14)16-13(9-19-20-16)8-18-15-5-4-11(6-15)10-21/h1-5,7,9,11,15,18,21H,6,8,10H2,(H,19,20)/t11-,15+/m0/s1. The second-order valence-corrected chi connectivity index (χ2v) is 5.77. The minimum atomic E-state index is 0.216. The molecule has 3 rings (SSSR count). The van der Waals surface area contributed by atoms with Gasteiger partial charge < -0.3 is 10.4 Å². The Morgan fingerprint density at radius 2 is 2.29 bits per heavy atom. The average molecular weight is 304 g/mol. The van der Waals surface area contributed by atoms with Gasteiger partial charge in [0.05, 0.1) is 11.9 Å². The van der Waals surface area contributed by atoms with Crippen LogP contribution in [0.3, 0.4) is 0 Å². The zero-order valence-electron chi connectivity index (χ0n) is 11.6. The number of aliphatic hydroxyl groups excluding tert-OH is 1. The molecule has 0 saturated carbocycles. The van der Waals surface area contributed by atoms with Crippen LogP contribution in [-0.4, -0.2) is 28.0 Å². The van der Waals surface area contributed by atoms with Gasteiger partial charge in [0.25, 0.3) is 0 Å². The number of hydrogen-bond acceptors (Lipinski definition) is 3. The number of aromatic nitrogens is 2. The Morgan fingerprint density at radius 3 is 3.05 bits per heavy atom. The van der Waals surface area contributed by atoms with Gasteiger partial charge in [-0.1, -0.05) is 35.9 Å². The van der Waals surface area contributed by atoms with Gasteiger partial charge in [0.2, 0.25) is 0 Å². The topological polar surface area (TPSA) is 60.9 Å². The third-order valence-corrected chi connectivity index (χ3v) is 4.03. The van der Waals surface area contributed by atoms with E-state index in [1.54, 1.807) is 0 Å². The normalized spacial score (nSPS) is 21.0. The lowest BCUT2D eigenvalue weighted by Crippen LogP contribution is -2.26. The monoisotopic (exact) mass is 303 g/mol. The van der Waals surface area contributed by atoms with Crippen molar-refractivity contribution < 1.29 is 5.11 Å². The van der Waals surface area contributed by atoms with Crippen LogP contribution in [0.25, 0.3) is 11.3 Å². The van der Waals surface area contributed by atoms with Gasteiger partial charge in [-0.2, -0.15) is 5.10 Å². The number of halogens is 1. The van der Waals surface area contributed by atoms with E-state index in [1.807, 2.05) is 30.5 Å². The SMILES string of the molecule is OC[C@H]1C=C[C@@H](NCc2cn[nH]c2-c2cccc(Cl)c2)C1. The first-order valence-corrected chi connectivity index (χ1v) is 7.45. The van der Waals surface area contributed by atoms with E-state index in [0.717, 1.165) is 29.8 Å². The Labute approximate surface area is 128 Å². The lowest BCUT2D eigenvalue weighted by atomic mass is 10.1. The molecule has 1 heterocycles. The van der Waals surface area contributed by atoms with E-state index in [2.05, 4.69) is 27.7 Å². The van der Waals surface area contributed by atoms with E-state index in [1.165, 1.54) is 0 Å². The van der Waals surface area contributed by atoms with Gasteiger partial charge in [-0.3, -0.25) is 5.10 Å². The average Bonchev–Trinajstić information content (AvgIpc) is 3.14. The van der Waals surface area contributed by atoms with E-state index in [0.29, 0.717) is 11.1 Å². The van der Waals surface area contributed by atoms with Gasteiger partial charge in [-0.15, -0.1) is 0 Å². The fourth-order valence-corrected chi connectivity index (χ4v) is 2.83. The highest BCUT2D eigenvalue weighted by atomic mass is 35.5. The Bertz CT molecular complexity index is 638. The van der Waals surface area contributed by atoms with Crippen LogP contribution in [-0.2, 0) is 6.54 Å². The van der Waals surface area contributed by atoms with Gasteiger partial charge in [0.15, 0.2) is 0 Å². The van der Waals surface area contributed by atoms with Crippen LogP contribution >= 0.6 is 11.6 Å². The molecule has 0 fully saturated rings. The number of nitrogens with one attached hydrogen (secondary N) is 2. The summed E-state index contributed by atoms with van der Waals surface area (Å²) in [7, 11) is 0. The summed E-state index contributed by atoms with van der Waals surface area (Å²) in [6.45, 7) is 0.944. The van der Waals surface area contributed by atoms with Gasteiger partial charge in [0, 0.05) is 41.3 Å². The summed E-state index contributed by atoms with van der Waals surface area (Å²) in [6, 6.07) is 8.04. The molecule has 0 spiro atoms. The highest BCUT2D eigenvalue weighted by molar-refractivity contribution is 6.30. The van der Waals surface area contributed by atoms with Crippen molar-refractivity contribution in [1.82, 2.24) is 15.5 Å². The molecule has 4 nitrogen and oxygen atoms in total. The first-order chi connectivity index (χ1) is 10.3. The van der Waals surface area contributed by atoms with Crippen molar-refractivity contribution in [1.29, 1.82) is 0 Å². The Kier molecular flexibility index (Phi) is 4.39. The highest BCUT2D eigenvalue weighted by Crippen LogP contribution is 2.24. The maximum absolute atomic E-state index is 9.15. The summed E-state index contributed by atoms with van der Waals surface area (Å²) < 4.78 is 0. The van der Waals surface area contributed by atoms with Crippen LogP contribution in [0.4, 0.5) is 0 Å². The lowest BCUT2D eigenvalue weighted by molar-refractivity contribution is 0.246. The van der Waals surface area contributed by atoms with E-state index < -0.39 is 0 Å². The van der Waals surface area contributed by atoms with Gasteiger partial charge >= 0.3 is 0 Å². The van der Waals surface area contributed by atoms with Crippen molar-refractivity contribution in [3.05, 3.63) is 53.2 Å². The molecule has 1 aliphatic carbocycles. The van der Waals surface area contributed by atoms with Gasteiger partial charge in [0.1, 0.15) is 0 Å². The Balaban J connectivity index is 1.68. The maximum atomic E-state index is 9.15.